The summed E-state index contributed by atoms with van der Waals surface area (Å²) in [4.78, 5) is -0.0568. The van der Waals surface area contributed by atoms with E-state index >= 15 is 0 Å². The molecule has 0 bridgehead atoms. The largest absolute Gasteiger partial charge is 0.399 e. The van der Waals surface area contributed by atoms with Crippen molar-refractivity contribution in [2.75, 3.05) is 5.73 Å². The molecule has 0 aromatic heterocycles. The van der Waals surface area contributed by atoms with Crippen LogP contribution in [0.3, 0.4) is 0 Å². The molecule has 0 saturated carbocycles. The number of hydrogen-bond donors (Lipinski definition) is 2. The smallest absolute Gasteiger partial charge is 0.242 e. The Balaban J connectivity index is 2.19. The second kappa shape index (κ2) is 6.14. The van der Waals surface area contributed by atoms with Crippen LogP contribution >= 0.6 is 11.6 Å². The zero-order chi connectivity index (χ0) is 15.5. The minimum atomic E-state index is -3.75. The molecule has 3 N–H and O–H groups in total. The van der Waals surface area contributed by atoms with Gasteiger partial charge in [-0.15, -0.1) is 0 Å². The minimum Gasteiger partial charge on any atom is -0.399 e. The van der Waals surface area contributed by atoms with Crippen LogP contribution in [-0.4, -0.2) is 8.42 Å². The first-order valence-electron chi connectivity index (χ1n) is 5.96. The van der Waals surface area contributed by atoms with Gasteiger partial charge in [-0.2, -0.15) is 5.26 Å². The Bertz CT molecular complexity index is 796. The summed E-state index contributed by atoms with van der Waals surface area (Å²) in [7, 11) is -3.75. The molecule has 0 heterocycles. The normalized spacial score (nSPS) is 11.0. The summed E-state index contributed by atoms with van der Waals surface area (Å²) in [5, 5.41) is 8.76. The number of anilines is 1. The number of nitriles is 1. The van der Waals surface area contributed by atoms with Crippen molar-refractivity contribution in [2.24, 2.45) is 0 Å². The maximum absolute atomic E-state index is 12.2. The van der Waals surface area contributed by atoms with Gasteiger partial charge in [0.15, 0.2) is 0 Å². The molecule has 0 spiro atoms. The number of rotatable bonds is 4. The maximum Gasteiger partial charge on any atom is 0.242 e. The van der Waals surface area contributed by atoms with Crippen LogP contribution in [0.1, 0.15) is 11.1 Å². The van der Waals surface area contributed by atoms with Crippen molar-refractivity contribution in [3.63, 3.8) is 0 Å². The van der Waals surface area contributed by atoms with E-state index in [1.807, 2.05) is 6.07 Å². The zero-order valence-electron chi connectivity index (χ0n) is 10.9. The highest BCUT2D eigenvalue weighted by molar-refractivity contribution is 7.89. The Morgan fingerprint density at radius 2 is 1.86 bits per heavy atom. The molecule has 7 heteroatoms. The van der Waals surface area contributed by atoms with Gasteiger partial charge in [-0.05, 0) is 35.9 Å². The summed E-state index contributed by atoms with van der Waals surface area (Å²) >= 11 is 5.91. The summed E-state index contributed by atoms with van der Waals surface area (Å²) in [6, 6.07) is 12.8. The zero-order valence-corrected chi connectivity index (χ0v) is 12.4. The van der Waals surface area contributed by atoms with E-state index in [0.29, 0.717) is 11.3 Å². The van der Waals surface area contributed by atoms with Crippen molar-refractivity contribution in [1.29, 1.82) is 5.26 Å². The Labute approximate surface area is 128 Å². The number of nitrogens with one attached hydrogen (secondary N) is 1. The number of nitrogen functional groups attached to an aromatic ring is 1. The van der Waals surface area contributed by atoms with Crippen molar-refractivity contribution in [1.82, 2.24) is 4.72 Å². The van der Waals surface area contributed by atoms with Crippen LogP contribution in [0.4, 0.5) is 5.69 Å². The number of halogens is 1. The van der Waals surface area contributed by atoms with Crippen molar-refractivity contribution < 1.29 is 8.42 Å². The average Bonchev–Trinajstić information content (AvgIpc) is 2.46. The van der Waals surface area contributed by atoms with E-state index in [1.165, 1.54) is 18.2 Å². The third-order valence-corrected chi connectivity index (χ3v) is 4.68. The van der Waals surface area contributed by atoms with Crippen molar-refractivity contribution in [3.8, 4) is 6.07 Å². The van der Waals surface area contributed by atoms with E-state index in [1.54, 1.807) is 24.3 Å². The van der Waals surface area contributed by atoms with Gasteiger partial charge in [-0.3, -0.25) is 0 Å². The van der Waals surface area contributed by atoms with Crippen LogP contribution < -0.4 is 10.5 Å². The predicted molar refractivity (Wildman–Crippen MR) is 81.0 cm³/mol. The number of benzene rings is 2. The van der Waals surface area contributed by atoms with Gasteiger partial charge in [0.25, 0.3) is 0 Å². The maximum atomic E-state index is 12.2. The lowest BCUT2D eigenvalue weighted by atomic mass is 10.2. The van der Waals surface area contributed by atoms with Gasteiger partial charge in [0.2, 0.25) is 10.0 Å². The highest BCUT2D eigenvalue weighted by Crippen LogP contribution is 2.22. The van der Waals surface area contributed by atoms with Gasteiger partial charge in [0.05, 0.1) is 16.7 Å². The molecule has 108 valence electrons. The first kappa shape index (κ1) is 15.3. The second-order valence-electron chi connectivity index (χ2n) is 4.32. The van der Waals surface area contributed by atoms with Crippen LogP contribution in [0.25, 0.3) is 0 Å². The summed E-state index contributed by atoms with van der Waals surface area (Å²) in [5.74, 6) is 0. The lowest BCUT2D eigenvalue weighted by Gasteiger charge is -2.09. The van der Waals surface area contributed by atoms with Gasteiger partial charge in [-0.1, -0.05) is 23.7 Å². The minimum absolute atomic E-state index is 0.0128. The van der Waals surface area contributed by atoms with Gasteiger partial charge >= 0.3 is 0 Å². The molecule has 5 nitrogen and oxygen atoms in total. The molecule has 0 aliphatic carbocycles. The Morgan fingerprint density at radius 3 is 2.43 bits per heavy atom. The summed E-state index contributed by atoms with van der Waals surface area (Å²) in [5.41, 5.74) is 7.25. The summed E-state index contributed by atoms with van der Waals surface area (Å²) in [6.07, 6.45) is 0. The van der Waals surface area contributed by atoms with Crippen LogP contribution in [-0.2, 0) is 16.6 Å². The van der Waals surface area contributed by atoms with Crippen molar-refractivity contribution in [2.45, 2.75) is 11.4 Å². The Hall–Kier alpha value is -2.07. The molecule has 2 aromatic rings. The van der Waals surface area contributed by atoms with Gasteiger partial charge < -0.3 is 5.73 Å². The molecule has 2 rings (SSSR count). The standard InChI is InChI=1S/C14H12ClN3O2S/c15-13-7-11(8-16)3-6-14(13)21(19,20)18-9-10-1-4-12(17)5-2-10/h1-7,18H,9,17H2. The molecule has 0 aliphatic heterocycles. The lowest BCUT2D eigenvalue weighted by Crippen LogP contribution is -2.23. The molecule has 2 aromatic carbocycles. The molecular weight excluding hydrogens is 310 g/mol. The molecule has 21 heavy (non-hydrogen) atoms. The number of hydrogen-bond acceptors (Lipinski definition) is 4. The highest BCUT2D eigenvalue weighted by atomic mass is 35.5. The van der Waals surface area contributed by atoms with Crippen LogP contribution in [0.15, 0.2) is 47.4 Å². The van der Waals surface area contributed by atoms with Gasteiger partial charge in [-0.25, -0.2) is 13.1 Å². The fourth-order valence-corrected chi connectivity index (χ4v) is 3.24. The molecule has 0 radical (unpaired) electrons. The predicted octanol–water partition coefficient (Wildman–Crippen LogP) is 2.27. The molecule has 0 saturated heterocycles. The second-order valence-corrected chi connectivity index (χ2v) is 6.47. The molecule has 0 aliphatic rings. The fraction of sp³-hybridized carbons (Fsp3) is 0.0714. The third kappa shape index (κ3) is 3.73. The van der Waals surface area contributed by atoms with Crippen LogP contribution in [0.5, 0.6) is 0 Å². The number of sulfonamides is 1. The van der Waals surface area contributed by atoms with Gasteiger partial charge in [0.1, 0.15) is 4.90 Å². The average molecular weight is 322 g/mol. The third-order valence-electron chi connectivity index (χ3n) is 2.80. The molecule has 0 fully saturated rings. The summed E-state index contributed by atoms with van der Waals surface area (Å²) < 4.78 is 26.8. The van der Waals surface area contributed by atoms with E-state index in [0.717, 1.165) is 5.56 Å². The monoisotopic (exact) mass is 321 g/mol. The highest BCUT2D eigenvalue weighted by Gasteiger charge is 2.17. The van der Waals surface area contributed by atoms with Crippen LogP contribution in [0.2, 0.25) is 5.02 Å². The van der Waals surface area contributed by atoms with E-state index in [-0.39, 0.29) is 16.5 Å². The molecule has 0 atom stereocenters. The fourth-order valence-electron chi connectivity index (χ4n) is 1.68. The van der Waals surface area contributed by atoms with E-state index in [9.17, 15) is 8.42 Å². The van der Waals surface area contributed by atoms with E-state index in [2.05, 4.69) is 4.72 Å². The molecule has 0 amide bonds. The number of nitrogens with zero attached hydrogens (tertiary/aromatic N) is 1. The SMILES string of the molecule is N#Cc1ccc(S(=O)(=O)NCc2ccc(N)cc2)c(Cl)c1. The van der Waals surface area contributed by atoms with Crippen molar-refractivity contribution >= 4 is 27.3 Å². The molecule has 0 unspecified atom stereocenters. The lowest BCUT2D eigenvalue weighted by molar-refractivity contribution is 0.581. The van der Waals surface area contributed by atoms with E-state index in [4.69, 9.17) is 22.6 Å². The molecular formula is C14H12ClN3O2S. The summed E-state index contributed by atoms with van der Waals surface area (Å²) in [6.45, 7) is 0.124. The topological polar surface area (TPSA) is 96.0 Å². The Kier molecular flexibility index (Phi) is 4.48. The van der Waals surface area contributed by atoms with E-state index < -0.39 is 10.0 Å². The quantitative estimate of drug-likeness (QED) is 0.844. The Morgan fingerprint density at radius 1 is 1.19 bits per heavy atom. The number of nitrogens with two attached hydrogens (primary N) is 1. The first-order chi connectivity index (χ1) is 9.92. The first-order valence-corrected chi connectivity index (χ1v) is 7.82. The van der Waals surface area contributed by atoms with Gasteiger partial charge in [0, 0.05) is 12.2 Å². The van der Waals surface area contributed by atoms with Crippen molar-refractivity contribution in [3.05, 3.63) is 58.6 Å². The van der Waals surface area contributed by atoms with Crippen LogP contribution in [0, 0.1) is 11.3 Å².